The van der Waals surface area contributed by atoms with E-state index < -0.39 is 23.4 Å². The quantitative estimate of drug-likeness (QED) is 0.768. The summed E-state index contributed by atoms with van der Waals surface area (Å²) in [4.78, 5) is 20.3. The van der Waals surface area contributed by atoms with Crippen molar-refractivity contribution in [2.45, 2.75) is 32.0 Å². The Labute approximate surface area is 142 Å². The minimum absolute atomic E-state index is 0.0645. The lowest BCUT2D eigenvalue weighted by molar-refractivity contribution is -0.137. The first kappa shape index (κ1) is 18.4. The van der Waals surface area contributed by atoms with E-state index in [1.54, 1.807) is 19.9 Å². The number of pyridine rings is 2. The van der Waals surface area contributed by atoms with Crippen LogP contribution in [0.3, 0.4) is 0 Å². The molecule has 0 aliphatic rings. The van der Waals surface area contributed by atoms with E-state index in [1.807, 2.05) is 0 Å². The lowest BCUT2D eigenvalue weighted by atomic mass is 9.95. The molecule has 8 heteroatoms. The van der Waals surface area contributed by atoms with E-state index in [4.69, 9.17) is 4.74 Å². The molecule has 0 N–H and O–H groups in total. The molecule has 2 aromatic rings. The molecule has 0 bridgehead atoms. The number of halogens is 3. The van der Waals surface area contributed by atoms with Crippen LogP contribution in [-0.4, -0.2) is 21.9 Å². The Balaban J connectivity index is 2.36. The van der Waals surface area contributed by atoms with Crippen LogP contribution in [0.5, 0.6) is 5.88 Å². The second kappa shape index (κ2) is 7.30. The summed E-state index contributed by atoms with van der Waals surface area (Å²) in [6.45, 7) is 3.50. The number of alkyl halides is 3. The van der Waals surface area contributed by atoms with E-state index in [9.17, 15) is 23.2 Å². The van der Waals surface area contributed by atoms with Gasteiger partial charge in [-0.05, 0) is 38.1 Å². The van der Waals surface area contributed by atoms with Crippen LogP contribution < -0.4 is 4.74 Å². The fourth-order valence-electron chi connectivity index (χ4n) is 2.05. The molecule has 1 unspecified atom stereocenters. The first-order valence-electron chi connectivity index (χ1n) is 7.32. The second-order valence-electron chi connectivity index (χ2n) is 5.42. The average molecular weight is 349 g/mol. The molecule has 0 aliphatic heterocycles. The van der Waals surface area contributed by atoms with Gasteiger partial charge in [0.05, 0.1) is 29.0 Å². The van der Waals surface area contributed by atoms with Gasteiger partial charge in [-0.25, -0.2) is 4.98 Å². The van der Waals surface area contributed by atoms with Gasteiger partial charge in [-0.2, -0.15) is 18.4 Å². The van der Waals surface area contributed by atoms with E-state index in [2.05, 4.69) is 9.97 Å². The summed E-state index contributed by atoms with van der Waals surface area (Å²) < 4.78 is 43.3. The summed E-state index contributed by atoms with van der Waals surface area (Å²) in [6, 6.07) is 6.54. The molecule has 0 spiro atoms. The van der Waals surface area contributed by atoms with E-state index >= 15 is 0 Å². The second-order valence-corrected chi connectivity index (χ2v) is 5.42. The molecule has 0 amide bonds. The van der Waals surface area contributed by atoms with Crippen LogP contribution in [-0.2, 0) is 6.18 Å². The highest BCUT2D eigenvalue weighted by Crippen LogP contribution is 2.30. The number of hydrogen-bond donors (Lipinski definition) is 0. The molecule has 0 aliphatic carbocycles. The smallest absolute Gasteiger partial charge is 0.417 e. The van der Waals surface area contributed by atoms with Gasteiger partial charge in [-0.1, -0.05) is 0 Å². The van der Waals surface area contributed by atoms with Gasteiger partial charge in [0.15, 0.2) is 11.7 Å². The largest absolute Gasteiger partial charge is 0.474 e. The van der Waals surface area contributed by atoms with Gasteiger partial charge in [0.2, 0.25) is 5.88 Å². The van der Waals surface area contributed by atoms with Crippen molar-refractivity contribution >= 4 is 5.78 Å². The van der Waals surface area contributed by atoms with Crippen molar-refractivity contribution in [2.24, 2.45) is 0 Å². The van der Waals surface area contributed by atoms with Gasteiger partial charge >= 0.3 is 6.18 Å². The highest BCUT2D eigenvalue weighted by Gasteiger charge is 2.32. The van der Waals surface area contributed by atoms with Crippen molar-refractivity contribution in [1.29, 1.82) is 5.26 Å². The number of Topliss-reactive ketones (excluding diaryl/α,β-unsaturated/α-hetero) is 1. The number of nitrogens with zero attached hydrogens (tertiary/aromatic N) is 3. The zero-order chi connectivity index (χ0) is 18.6. The first-order chi connectivity index (χ1) is 11.7. The van der Waals surface area contributed by atoms with Gasteiger partial charge in [0.1, 0.15) is 0 Å². The molecule has 5 nitrogen and oxygen atoms in total. The topological polar surface area (TPSA) is 75.9 Å². The molecule has 2 aromatic heterocycles. The summed E-state index contributed by atoms with van der Waals surface area (Å²) in [6.07, 6.45) is -2.75. The predicted octanol–water partition coefficient (Wildman–Crippen LogP) is 3.77. The van der Waals surface area contributed by atoms with Crippen LogP contribution in [0.25, 0.3) is 0 Å². The maximum atomic E-state index is 12.7. The summed E-state index contributed by atoms with van der Waals surface area (Å²) in [5.74, 6) is -1.94. The third-order valence-electron chi connectivity index (χ3n) is 3.18. The molecule has 130 valence electrons. The molecule has 0 saturated heterocycles. The molecule has 1 atom stereocenters. The highest BCUT2D eigenvalue weighted by molar-refractivity contribution is 6.04. The number of rotatable bonds is 5. The SMILES string of the molecule is CC(C)Oc1ncccc1C(=O)C(C#N)c1ccc(C(F)(F)F)cn1. The Kier molecular flexibility index (Phi) is 5.37. The summed E-state index contributed by atoms with van der Waals surface area (Å²) >= 11 is 0. The van der Waals surface area contributed by atoms with Crippen LogP contribution >= 0.6 is 0 Å². The van der Waals surface area contributed by atoms with Crippen LogP contribution in [0, 0.1) is 11.3 Å². The number of ether oxygens (including phenoxy) is 1. The van der Waals surface area contributed by atoms with Gasteiger partial charge in [0, 0.05) is 12.4 Å². The molecule has 0 fully saturated rings. The molecular formula is C17H14F3N3O2. The number of ketones is 1. The van der Waals surface area contributed by atoms with Crippen LogP contribution in [0.1, 0.15) is 41.4 Å². The first-order valence-corrected chi connectivity index (χ1v) is 7.32. The minimum Gasteiger partial charge on any atom is -0.474 e. The summed E-state index contributed by atoms with van der Waals surface area (Å²) in [7, 11) is 0. The van der Waals surface area contributed by atoms with E-state index in [0.29, 0.717) is 6.20 Å². The van der Waals surface area contributed by atoms with Crippen LogP contribution in [0.4, 0.5) is 13.2 Å². The molecule has 0 aromatic carbocycles. The molecule has 0 radical (unpaired) electrons. The lowest BCUT2D eigenvalue weighted by Crippen LogP contribution is -2.17. The van der Waals surface area contributed by atoms with Crippen molar-refractivity contribution in [2.75, 3.05) is 0 Å². The van der Waals surface area contributed by atoms with Crippen molar-refractivity contribution in [3.05, 3.63) is 53.5 Å². The third-order valence-corrected chi connectivity index (χ3v) is 3.18. The minimum atomic E-state index is -4.54. The van der Waals surface area contributed by atoms with E-state index in [-0.39, 0.29) is 23.2 Å². The maximum Gasteiger partial charge on any atom is 0.417 e. The van der Waals surface area contributed by atoms with Gasteiger partial charge in [-0.3, -0.25) is 9.78 Å². The molecule has 25 heavy (non-hydrogen) atoms. The fraction of sp³-hybridized carbons (Fsp3) is 0.294. The molecule has 2 heterocycles. The van der Waals surface area contributed by atoms with Crippen molar-refractivity contribution in [3.8, 4) is 11.9 Å². The summed E-state index contributed by atoms with van der Waals surface area (Å²) in [5.41, 5.74) is -0.949. The lowest BCUT2D eigenvalue weighted by Gasteiger charge is -2.14. The Morgan fingerprint density at radius 1 is 1.24 bits per heavy atom. The number of carbonyl (C=O) groups excluding carboxylic acids is 1. The Morgan fingerprint density at radius 3 is 2.48 bits per heavy atom. The standard InChI is InChI=1S/C17H14F3N3O2/c1-10(2)25-16-12(4-3-7-22-16)15(24)13(8-21)14-6-5-11(9-23-14)17(18,19)20/h3-7,9-10,13H,1-2H3. The normalized spacial score (nSPS) is 12.5. The van der Waals surface area contributed by atoms with E-state index in [0.717, 1.165) is 12.1 Å². The maximum absolute atomic E-state index is 12.7. The number of nitriles is 1. The predicted molar refractivity (Wildman–Crippen MR) is 81.9 cm³/mol. The molecular weight excluding hydrogens is 335 g/mol. The van der Waals surface area contributed by atoms with Gasteiger partial charge in [-0.15, -0.1) is 0 Å². The summed E-state index contributed by atoms with van der Waals surface area (Å²) in [5, 5.41) is 9.32. The Morgan fingerprint density at radius 2 is 1.96 bits per heavy atom. The Hall–Kier alpha value is -2.95. The monoisotopic (exact) mass is 349 g/mol. The number of aromatic nitrogens is 2. The molecule has 0 saturated carbocycles. The number of hydrogen-bond acceptors (Lipinski definition) is 5. The van der Waals surface area contributed by atoms with E-state index in [1.165, 1.54) is 18.3 Å². The highest BCUT2D eigenvalue weighted by atomic mass is 19.4. The van der Waals surface area contributed by atoms with Gasteiger partial charge in [0.25, 0.3) is 0 Å². The zero-order valence-corrected chi connectivity index (χ0v) is 13.4. The van der Waals surface area contributed by atoms with Crippen LogP contribution in [0.2, 0.25) is 0 Å². The molecule has 2 rings (SSSR count). The van der Waals surface area contributed by atoms with Crippen molar-refractivity contribution in [1.82, 2.24) is 9.97 Å². The number of carbonyl (C=O) groups is 1. The van der Waals surface area contributed by atoms with Gasteiger partial charge < -0.3 is 4.74 Å². The van der Waals surface area contributed by atoms with Crippen molar-refractivity contribution in [3.63, 3.8) is 0 Å². The van der Waals surface area contributed by atoms with Crippen molar-refractivity contribution < 1.29 is 22.7 Å². The fourth-order valence-corrected chi connectivity index (χ4v) is 2.05. The zero-order valence-electron chi connectivity index (χ0n) is 13.4. The Bertz CT molecular complexity index is 796. The van der Waals surface area contributed by atoms with Crippen LogP contribution in [0.15, 0.2) is 36.7 Å². The average Bonchev–Trinajstić information content (AvgIpc) is 2.55. The third kappa shape index (κ3) is 4.32.